The molecule has 0 aliphatic heterocycles. The zero-order valence-corrected chi connectivity index (χ0v) is 10.6. The van der Waals surface area contributed by atoms with Crippen LogP contribution in [0.25, 0.3) is 0 Å². The van der Waals surface area contributed by atoms with E-state index in [1.165, 1.54) is 12.8 Å². The van der Waals surface area contributed by atoms with E-state index in [0.717, 1.165) is 25.7 Å². The van der Waals surface area contributed by atoms with Crippen molar-refractivity contribution in [3.05, 3.63) is 0 Å². The summed E-state index contributed by atoms with van der Waals surface area (Å²) < 4.78 is 0. The van der Waals surface area contributed by atoms with E-state index in [2.05, 4.69) is 12.2 Å². The summed E-state index contributed by atoms with van der Waals surface area (Å²) in [5.74, 6) is 0.176. The third-order valence-electron chi connectivity index (χ3n) is 3.69. The van der Waals surface area contributed by atoms with Gasteiger partial charge in [0.15, 0.2) is 0 Å². The second-order valence-electron chi connectivity index (χ2n) is 5.36. The van der Waals surface area contributed by atoms with Crippen molar-refractivity contribution in [3.8, 4) is 0 Å². The van der Waals surface area contributed by atoms with Gasteiger partial charge in [-0.25, -0.2) is 0 Å². The fourth-order valence-electron chi connectivity index (χ4n) is 2.40. The molecule has 1 atom stereocenters. The Bertz CT molecular complexity index is 220. The van der Waals surface area contributed by atoms with Crippen LogP contribution in [0.5, 0.6) is 0 Å². The largest absolute Gasteiger partial charge is 0.396 e. The molecule has 1 aliphatic rings. The van der Waals surface area contributed by atoms with E-state index in [1.54, 1.807) is 0 Å². The van der Waals surface area contributed by atoms with Crippen molar-refractivity contribution in [1.82, 2.24) is 5.32 Å². The summed E-state index contributed by atoms with van der Waals surface area (Å²) in [5, 5.41) is 11.8. The molecule has 3 heteroatoms. The molecule has 0 aromatic carbocycles. The summed E-state index contributed by atoms with van der Waals surface area (Å²) in [5.41, 5.74) is -0.180. The molecule has 1 aliphatic carbocycles. The first-order chi connectivity index (χ1) is 7.58. The van der Waals surface area contributed by atoms with Crippen molar-refractivity contribution in [1.29, 1.82) is 0 Å². The van der Waals surface area contributed by atoms with Crippen molar-refractivity contribution in [2.24, 2.45) is 5.41 Å². The zero-order valence-electron chi connectivity index (χ0n) is 10.6. The van der Waals surface area contributed by atoms with Crippen molar-refractivity contribution in [3.63, 3.8) is 0 Å². The number of rotatable bonds is 4. The molecule has 2 N–H and O–H groups in total. The van der Waals surface area contributed by atoms with Crippen LogP contribution < -0.4 is 5.32 Å². The molecule has 0 aromatic heterocycles. The summed E-state index contributed by atoms with van der Waals surface area (Å²) in [7, 11) is 0. The van der Waals surface area contributed by atoms with E-state index in [0.29, 0.717) is 6.42 Å². The number of hydrogen-bond acceptors (Lipinski definition) is 2. The third-order valence-corrected chi connectivity index (χ3v) is 3.69. The second kappa shape index (κ2) is 6.24. The van der Waals surface area contributed by atoms with Crippen LogP contribution in [0.4, 0.5) is 0 Å². The summed E-state index contributed by atoms with van der Waals surface area (Å²) in [6.45, 7) is 4.17. The molecule has 1 amide bonds. The number of aliphatic hydroxyl groups is 1. The SMILES string of the molecule is CC(CCO)NC(=O)C1(C)CCCCCC1. The summed E-state index contributed by atoms with van der Waals surface area (Å²) >= 11 is 0. The lowest BCUT2D eigenvalue weighted by Gasteiger charge is -2.28. The number of carbonyl (C=O) groups excluding carboxylic acids is 1. The minimum atomic E-state index is -0.180. The Labute approximate surface area is 98.6 Å². The predicted octanol–water partition coefficient (Wildman–Crippen LogP) is 2.23. The highest BCUT2D eigenvalue weighted by Crippen LogP contribution is 2.34. The summed E-state index contributed by atoms with van der Waals surface area (Å²) in [6.07, 6.45) is 7.50. The van der Waals surface area contributed by atoms with Crippen molar-refractivity contribution in [2.45, 2.75) is 64.8 Å². The monoisotopic (exact) mass is 227 g/mol. The van der Waals surface area contributed by atoms with Gasteiger partial charge < -0.3 is 10.4 Å². The molecule has 0 radical (unpaired) electrons. The van der Waals surface area contributed by atoms with Crippen LogP contribution in [0, 0.1) is 5.41 Å². The smallest absolute Gasteiger partial charge is 0.226 e. The van der Waals surface area contributed by atoms with Gasteiger partial charge in [-0.1, -0.05) is 32.6 Å². The number of aliphatic hydroxyl groups excluding tert-OH is 1. The van der Waals surface area contributed by atoms with Crippen LogP contribution in [0.15, 0.2) is 0 Å². The van der Waals surface area contributed by atoms with Crippen LogP contribution in [0.1, 0.15) is 58.8 Å². The Balaban J connectivity index is 2.49. The standard InChI is InChI=1S/C13H25NO2/c1-11(7-10-15)14-12(16)13(2)8-5-3-4-6-9-13/h11,15H,3-10H2,1-2H3,(H,14,16). The highest BCUT2D eigenvalue weighted by atomic mass is 16.3. The molecule has 1 unspecified atom stereocenters. The van der Waals surface area contributed by atoms with Gasteiger partial charge in [0.1, 0.15) is 0 Å². The molecular formula is C13H25NO2. The maximum atomic E-state index is 12.2. The fraction of sp³-hybridized carbons (Fsp3) is 0.923. The number of hydrogen-bond donors (Lipinski definition) is 2. The lowest BCUT2D eigenvalue weighted by molar-refractivity contribution is -0.131. The van der Waals surface area contributed by atoms with E-state index in [1.807, 2.05) is 6.92 Å². The lowest BCUT2D eigenvalue weighted by Crippen LogP contribution is -2.43. The molecule has 1 fully saturated rings. The summed E-state index contributed by atoms with van der Waals surface area (Å²) in [4.78, 5) is 12.2. The number of amides is 1. The van der Waals surface area contributed by atoms with Gasteiger partial charge >= 0.3 is 0 Å². The Hall–Kier alpha value is -0.570. The van der Waals surface area contributed by atoms with E-state index in [-0.39, 0.29) is 24.0 Å². The molecule has 0 saturated heterocycles. The molecule has 1 saturated carbocycles. The van der Waals surface area contributed by atoms with E-state index in [4.69, 9.17) is 5.11 Å². The topological polar surface area (TPSA) is 49.3 Å². The first-order valence-corrected chi connectivity index (χ1v) is 6.50. The molecule has 0 heterocycles. The Kier molecular flexibility index (Phi) is 5.26. The van der Waals surface area contributed by atoms with E-state index in [9.17, 15) is 4.79 Å². The van der Waals surface area contributed by atoms with E-state index < -0.39 is 0 Å². The van der Waals surface area contributed by atoms with E-state index >= 15 is 0 Å². The molecule has 16 heavy (non-hydrogen) atoms. The van der Waals surface area contributed by atoms with Gasteiger partial charge in [-0.2, -0.15) is 0 Å². The molecule has 0 bridgehead atoms. The number of nitrogens with one attached hydrogen (secondary N) is 1. The van der Waals surface area contributed by atoms with Crippen LogP contribution in [-0.2, 0) is 4.79 Å². The molecular weight excluding hydrogens is 202 g/mol. The van der Waals surface area contributed by atoms with Crippen LogP contribution in [-0.4, -0.2) is 23.7 Å². The van der Waals surface area contributed by atoms with Gasteiger partial charge in [0, 0.05) is 18.1 Å². The first-order valence-electron chi connectivity index (χ1n) is 6.50. The molecule has 94 valence electrons. The molecule has 3 nitrogen and oxygen atoms in total. The Morgan fingerprint density at radius 1 is 1.31 bits per heavy atom. The normalized spacial score (nSPS) is 22.2. The quantitative estimate of drug-likeness (QED) is 0.724. The second-order valence-corrected chi connectivity index (χ2v) is 5.36. The maximum absolute atomic E-state index is 12.2. The average molecular weight is 227 g/mol. The van der Waals surface area contributed by atoms with Crippen molar-refractivity contribution < 1.29 is 9.90 Å². The molecule has 0 aromatic rings. The van der Waals surface area contributed by atoms with Gasteiger partial charge in [0.05, 0.1) is 0 Å². The molecule has 0 spiro atoms. The van der Waals surface area contributed by atoms with Gasteiger partial charge in [0.2, 0.25) is 5.91 Å². The molecule has 1 rings (SSSR count). The van der Waals surface area contributed by atoms with Gasteiger partial charge in [-0.15, -0.1) is 0 Å². The lowest BCUT2D eigenvalue weighted by atomic mass is 9.81. The van der Waals surface area contributed by atoms with Crippen molar-refractivity contribution in [2.75, 3.05) is 6.61 Å². The minimum absolute atomic E-state index is 0.0811. The van der Waals surface area contributed by atoms with Gasteiger partial charge in [0.25, 0.3) is 0 Å². The Morgan fingerprint density at radius 3 is 2.38 bits per heavy atom. The Morgan fingerprint density at radius 2 is 1.88 bits per heavy atom. The fourth-order valence-corrected chi connectivity index (χ4v) is 2.40. The predicted molar refractivity (Wildman–Crippen MR) is 65.1 cm³/mol. The average Bonchev–Trinajstić information content (AvgIpc) is 2.44. The van der Waals surface area contributed by atoms with Crippen molar-refractivity contribution >= 4 is 5.91 Å². The first kappa shape index (κ1) is 13.5. The maximum Gasteiger partial charge on any atom is 0.226 e. The van der Waals surface area contributed by atoms with Crippen LogP contribution >= 0.6 is 0 Å². The number of carbonyl (C=O) groups is 1. The third kappa shape index (κ3) is 3.78. The van der Waals surface area contributed by atoms with Crippen LogP contribution in [0.2, 0.25) is 0 Å². The highest BCUT2D eigenvalue weighted by Gasteiger charge is 2.33. The minimum Gasteiger partial charge on any atom is -0.396 e. The summed E-state index contributed by atoms with van der Waals surface area (Å²) in [6, 6.07) is 0.0811. The highest BCUT2D eigenvalue weighted by molar-refractivity contribution is 5.82. The van der Waals surface area contributed by atoms with Crippen LogP contribution in [0.3, 0.4) is 0 Å². The van der Waals surface area contributed by atoms with Gasteiger partial charge in [-0.3, -0.25) is 4.79 Å². The van der Waals surface area contributed by atoms with Gasteiger partial charge in [-0.05, 0) is 26.2 Å². The zero-order chi connectivity index (χ0) is 12.0.